The summed E-state index contributed by atoms with van der Waals surface area (Å²) in [6.45, 7) is 9.72. The molecule has 0 aromatic rings. The fraction of sp³-hybridized carbons (Fsp3) is 0.857. The molecule has 1 saturated carbocycles. The molecule has 1 aliphatic carbocycles. The van der Waals surface area contributed by atoms with Gasteiger partial charge < -0.3 is 30.0 Å². The second-order valence-electron chi connectivity index (χ2n) is 12.3. The number of carbonyl (C=O) groups excluding carboxylic acids is 3. The average molecular weight is 569 g/mol. The van der Waals surface area contributed by atoms with Crippen molar-refractivity contribution in [2.75, 3.05) is 6.54 Å². The van der Waals surface area contributed by atoms with Gasteiger partial charge in [0.25, 0.3) is 0 Å². The van der Waals surface area contributed by atoms with Crippen LogP contribution in [0.5, 0.6) is 0 Å². The molecule has 5 aliphatic rings. The highest BCUT2D eigenvalue weighted by molar-refractivity contribution is 5.84. The zero-order chi connectivity index (χ0) is 29.2. The standard InChI is InChI=1S/C28H44N2O10/c1-15(2)23(24(34)35)30-21(32)7-6-14-29-20(31)10-11-22(33)36-25-17(4)19-9-8-16(3)18-12-13-27(5)38-26(37-25)28(18,19)40-39-27/h15-19,23,25-26H,6-14H2,1-5H3,(H,29,31)(H,30,32)(H,34,35)/t16-,17-,18+,19-,23+,25-,26+,27+,28-/m1/s1. The number of rotatable bonds is 11. The molecule has 40 heavy (non-hydrogen) atoms. The smallest absolute Gasteiger partial charge is 0.326 e. The largest absolute Gasteiger partial charge is 0.480 e. The lowest BCUT2D eigenvalue weighted by Gasteiger charge is -2.59. The Hall–Kier alpha value is -2.28. The summed E-state index contributed by atoms with van der Waals surface area (Å²) in [5.74, 6) is -3.01. The van der Waals surface area contributed by atoms with E-state index in [0.29, 0.717) is 18.8 Å². The van der Waals surface area contributed by atoms with E-state index in [-0.39, 0.29) is 55.4 Å². The summed E-state index contributed by atoms with van der Waals surface area (Å²) < 4.78 is 18.2. The number of esters is 1. The number of ether oxygens (including phenoxy) is 3. The first kappa shape index (κ1) is 30.7. The van der Waals surface area contributed by atoms with Gasteiger partial charge in [0.15, 0.2) is 11.9 Å². The van der Waals surface area contributed by atoms with Crippen molar-refractivity contribution in [3.8, 4) is 0 Å². The lowest BCUT2D eigenvalue weighted by Crippen LogP contribution is -2.70. The third kappa shape index (κ3) is 6.29. The molecular formula is C28H44N2O10. The van der Waals surface area contributed by atoms with Crippen LogP contribution in [0.4, 0.5) is 0 Å². The molecule has 1 spiro atoms. The quantitative estimate of drug-likeness (QED) is 0.192. The van der Waals surface area contributed by atoms with E-state index >= 15 is 0 Å². The molecular weight excluding hydrogens is 524 g/mol. The molecule has 9 atom stereocenters. The number of carbonyl (C=O) groups is 4. The Balaban J connectivity index is 1.22. The minimum absolute atomic E-state index is 0.0275. The van der Waals surface area contributed by atoms with Crippen LogP contribution in [0.1, 0.15) is 86.0 Å². The maximum absolute atomic E-state index is 12.7. The van der Waals surface area contributed by atoms with Crippen molar-refractivity contribution in [3.63, 3.8) is 0 Å². The van der Waals surface area contributed by atoms with Gasteiger partial charge in [-0.15, -0.1) is 0 Å². The van der Waals surface area contributed by atoms with Crippen molar-refractivity contribution < 1.29 is 48.3 Å². The van der Waals surface area contributed by atoms with Gasteiger partial charge in [-0.05, 0) is 50.4 Å². The Morgan fingerprint density at radius 2 is 1.75 bits per heavy atom. The van der Waals surface area contributed by atoms with Crippen molar-refractivity contribution in [1.82, 2.24) is 10.6 Å². The number of carboxylic acids is 1. The number of amides is 2. The van der Waals surface area contributed by atoms with Crippen molar-refractivity contribution in [1.29, 1.82) is 0 Å². The zero-order valence-electron chi connectivity index (χ0n) is 24.1. The van der Waals surface area contributed by atoms with Gasteiger partial charge >= 0.3 is 11.9 Å². The Kier molecular flexibility index (Phi) is 9.43. The molecule has 0 aromatic carbocycles. The summed E-state index contributed by atoms with van der Waals surface area (Å²) in [4.78, 5) is 60.0. The molecule has 3 N–H and O–H groups in total. The first-order valence-corrected chi connectivity index (χ1v) is 14.5. The SMILES string of the molecule is CC(C)[C@H](NC(=O)CCCNC(=O)CCC(=O)O[C@@H]1O[C@H]2O[C@]3(C)CC[C@H]4[C@H](C)CC[C@H]([C@H]1C)[C@@]24OO3)C(=O)O. The van der Waals surface area contributed by atoms with Crippen molar-refractivity contribution in [3.05, 3.63) is 0 Å². The van der Waals surface area contributed by atoms with Crippen molar-refractivity contribution in [2.45, 2.75) is 116 Å². The molecule has 4 saturated heterocycles. The first-order chi connectivity index (χ1) is 18.9. The molecule has 0 aromatic heterocycles. The number of aliphatic carboxylic acids is 1. The van der Waals surface area contributed by atoms with Crippen LogP contribution in [-0.4, -0.2) is 65.4 Å². The van der Waals surface area contributed by atoms with E-state index in [1.54, 1.807) is 13.8 Å². The van der Waals surface area contributed by atoms with E-state index < -0.39 is 47.9 Å². The van der Waals surface area contributed by atoms with E-state index in [0.717, 1.165) is 19.3 Å². The Morgan fingerprint density at radius 3 is 2.45 bits per heavy atom. The second-order valence-corrected chi connectivity index (χ2v) is 12.3. The number of nitrogens with one attached hydrogen (secondary N) is 2. The van der Waals surface area contributed by atoms with Crippen LogP contribution in [0.15, 0.2) is 0 Å². The molecule has 2 amide bonds. The highest BCUT2D eigenvalue weighted by Gasteiger charge is 2.69. The molecule has 0 unspecified atom stereocenters. The Bertz CT molecular complexity index is 975. The fourth-order valence-corrected chi connectivity index (χ4v) is 6.74. The minimum Gasteiger partial charge on any atom is -0.480 e. The monoisotopic (exact) mass is 568 g/mol. The van der Waals surface area contributed by atoms with Crippen LogP contribution >= 0.6 is 0 Å². The van der Waals surface area contributed by atoms with E-state index in [1.165, 1.54) is 0 Å². The van der Waals surface area contributed by atoms with Gasteiger partial charge in [-0.1, -0.05) is 27.7 Å². The minimum atomic E-state index is -1.08. The number of hydrogen-bond acceptors (Lipinski definition) is 9. The average Bonchev–Trinajstić information content (AvgIpc) is 3.12. The maximum atomic E-state index is 12.7. The van der Waals surface area contributed by atoms with Crippen LogP contribution in [0.3, 0.4) is 0 Å². The van der Waals surface area contributed by atoms with Crippen LogP contribution in [0, 0.1) is 29.6 Å². The van der Waals surface area contributed by atoms with E-state index in [4.69, 9.17) is 29.1 Å². The normalized spacial score (nSPS) is 37.1. The summed E-state index contributed by atoms with van der Waals surface area (Å²) in [5.41, 5.74) is -0.740. The summed E-state index contributed by atoms with van der Waals surface area (Å²) in [6, 6.07) is -0.953. The topological polar surface area (TPSA) is 159 Å². The molecule has 5 fully saturated rings. The Labute approximate surface area is 235 Å². The number of hydrogen-bond donors (Lipinski definition) is 3. The molecule has 4 aliphatic heterocycles. The molecule has 12 nitrogen and oxygen atoms in total. The molecule has 2 bridgehead atoms. The third-order valence-electron chi connectivity index (χ3n) is 9.05. The number of carboxylic acid groups (broad SMARTS) is 1. The van der Waals surface area contributed by atoms with Gasteiger partial charge in [0, 0.05) is 37.6 Å². The van der Waals surface area contributed by atoms with Crippen molar-refractivity contribution >= 4 is 23.8 Å². The van der Waals surface area contributed by atoms with Gasteiger partial charge in [0.2, 0.25) is 23.9 Å². The molecule has 4 heterocycles. The van der Waals surface area contributed by atoms with E-state index in [2.05, 4.69) is 17.6 Å². The van der Waals surface area contributed by atoms with E-state index in [1.807, 2.05) is 13.8 Å². The van der Waals surface area contributed by atoms with Crippen LogP contribution in [-0.2, 0) is 43.2 Å². The van der Waals surface area contributed by atoms with Gasteiger partial charge in [-0.25, -0.2) is 14.6 Å². The summed E-state index contributed by atoms with van der Waals surface area (Å²) in [5, 5.41) is 14.3. The number of fused-ring (bicyclic) bond motifs is 2. The van der Waals surface area contributed by atoms with Crippen LogP contribution < -0.4 is 10.6 Å². The predicted molar refractivity (Wildman–Crippen MR) is 139 cm³/mol. The summed E-state index contributed by atoms with van der Waals surface area (Å²) in [6.07, 6.45) is 2.21. The summed E-state index contributed by atoms with van der Waals surface area (Å²) in [7, 11) is 0. The molecule has 0 radical (unpaired) electrons. The molecule has 12 heteroatoms. The molecule has 5 rings (SSSR count). The predicted octanol–water partition coefficient (Wildman–Crippen LogP) is 2.64. The molecule has 226 valence electrons. The fourth-order valence-electron chi connectivity index (χ4n) is 6.74. The van der Waals surface area contributed by atoms with Gasteiger partial charge in [-0.3, -0.25) is 14.4 Å². The zero-order valence-corrected chi connectivity index (χ0v) is 24.1. The summed E-state index contributed by atoms with van der Waals surface area (Å²) >= 11 is 0. The first-order valence-electron chi connectivity index (χ1n) is 14.5. The van der Waals surface area contributed by atoms with Crippen molar-refractivity contribution in [2.24, 2.45) is 29.6 Å². The van der Waals surface area contributed by atoms with Gasteiger partial charge in [-0.2, -0.15) is 0 Å². The highest BCUT2D eigenvalue weighted by atomic mass is 17.3. The third-order valence-corrected chi connectivity index (χ3v) is 9.05. The lowest BCUT2D eigenvalue weighted by atomic mass is 9.58. The van der Waals surface area contributed by atoms with Crippen LogP contribution in [0.25, 0.3) is 0 Å². The van der Waals surface area contributed by atoms with E-state index in [9.17, 15) is 19.2 Å². The Morgan fingerprint density at radius 1 is 1.00 bits per heavy atom. The van der Waals surface area contributed by atoms with Gasteiger partial charge in [0.1, 0.15) is 6.04 Å². The maximum Gasteiger partial charge on any atom is 0.326 e. The highest BCUT2D eigenvalue weighted by Crippen LogP contribution is 2.60. The second kappa shape index (κ2) is 12.3. The van der Waals surface area contributed by atoms with Gasteiger partial charge in [0.05, 0.1) is 6.42 Å². The lowest BCUT2D eigenvalue weighted by molar-refractivity contribution is -0.576. The van der Waals surface area contributed by atoms with Crippen LogP contribution in [0.2, 0.25) is 0 Å².